The molecule has 0 aromatic heterocycles. The molecule has 0 aliphatic heterocycles. The monoisotopic (exact) mass is 789 g/mol. The summed E-state index contributed by atoms with van der Waals surface area (Å²) in [4.78, 5) is 0. The van der Waals surface area contributed by atoms with Crippen LogP contribution in [0.25, 0.3) is 0 Å². The number of benzene rings is 1. The molecule has 0 heterocycles. The van der Waals surface area contributed by atoms with Gasteiger partial charge in [-0.25, -0.2) is 0 Å². The SMILES string of the molecule is CCCCCCCCCCCCC[CH2][Sn]([CH2]CCCCCCCCCCCCC)([CH2]CCCCCCCCCCCCC)[c]1ccccc1. The van der Waals surface area contributed by atoms with Crippen LogP contribution in [0.4, 0.5) is 0 Å². The standard InChI is InChI=1S/3C14H29.C6H5.Sn/c3*1-3-5-7-9-11-13-14-12-10-8-6-4-2;1-2-4-6-5-3-1;/h3*1,3-14H2,2H3;1-5H;. The summed E-state index contributed by atoms with van der Waals surface area (Å²) in [6.45, 7) is 6.98. The number of hydrogen-bond acceptors (Lipinski definition) is 0. The summed E-state index contributed by atoms with van der Waals surface area (Å²) in [5.74, 6) is 0. The zero-order valence-corrected chi connectivity index (χ0v) is 37.3. The van der Waals surface area contributed by atoms with Gasteiger partial charge in [-0.3, -0.25) is 0 Å². The van der Waals surface area contributed by atoms with Gasteiger partial charge in [-0.05, 0) is 0 Å². The van der Waals surface area contributed by atoms with Crippen LogP contribution in [0.2, 0.25) is 13.3 Å². The molecule has 0 N–H and O–H groups in total. The first-order valence-electron chi connectivity index (χ1n) is 23.3. The van der Waals surface area contributed by atoms with Gasteiger partial charge in [-0.2, -0.15) is 0 Å². The molecule has 0 radical (unpaired) electrons. The van der Waals surface area contributed by atoms with Crippen molar-refractivity contribution in [2.75, 3.05) is 0 Å². The van der Waals surface area contributed by atoms with Gasteiger partial charge in [0.2, 0.25) is 0 Å². The third kappa shape index (κ3) is 29.2. The van der Waals surface area contributed by atoms with E-state index in [0.29, 0.717) is 0 Å². The molecular weight excluding hydrogens is 695 g/mol. The second-order valence-corrected chi connectivity index (χ2v) is 29.8. The van der Waals surface area contributed by atoms with E-state index < -0.39 is 18.4 Å². The van der Waals surface area contributed by atoms with Gasteiger partial charge >= 0.3 is 277 Å². The fourth-order valence-corrected chi connectivity index (χ4v) is 23.6. The summed E-state index contributed by atoms with van der Waals surface area (Å²) >= 11 is -2.42. The third-order valence-corrected chi connectivity index (χ3v) is 27.6. The van der Waals surface area contributed by atoms with Crippen LogP contribution < -0.4 is 3.58 Å². The topological polar surface area (TPSA) is 0 Å². The molecule has 0 atom stereocenters. The van der Waals surface area contributed by atoms with Crippen molar-refractivity contribution in [3.05, 3.63) is 30.3 Å². The molecule has 0 saturated heterocycles. The van der Waals surface area contributed by atoms with Gasteiger partial charge in [0.1, 0.15) is 0 Å². The molecule has 0 unspecified atom stereocenters. The number of hydrogen-bond donors (Lipinski definition) is 0. The van der Waals surface area contributed by atoms with Crippen molar-refractivity contribution in [1.82, 2.24) is 0 Å². The Balaban J connectivity index is 2.50. The summed E-state index contributed by atoms with van der Waals surface area (Å²) in [7, 11) is 0. The number of rotatable bonds is 40. The van der Waals surface area contributed by atoms with Gasteiger partial charge in [0.05, 0.1) is 0 Å². The zero-order chi connectivity index (χ0) is 35.2. The van der Waals surface area contributed by atoms with Crippen molar-refractivity contribution >= 4 is 22.0 Å². The Hall–Kier alpha value is 0.0187. The zero-order valence-electron chi connectivity index (χ0n) is 34.5. The van der Waals surface area contributed by atoms with Crippen LogP contribution in [0, 0.1) is 0 Å². The van der Waals surface area contributed by atoms with Gasteiger partial charge in [-0.15, -0.1) is 0 Å². The van der Waals surface area contributed by atoms with Crippen LogP contribution in [0.3, 0.4) is 0 Å². The van der Waals surface area contributed by atoms with Gasteiger partial charge in [0, 0.05) is 0 Å². The molecule has 0 nitrogen and oxygen atoms in total. The van der Waals surface area contributed by atoms with E-state index >= 15 is 0 Å². The Labute approximate surface area is 315 Å². The van der Waals surface area contributed by atoms with Crippen LogP contribution in [0.5, 0.6) is 0 Å². The van der Waals surface area contributed by atoms with E-state index in [9.17, 15) is 0 Å². The fraction of sp³-hybridized carbons (Fsp3) is 0.875. The molecule has 0 spiro atoms. The van der Waals surface area contributed by atoms with E-state index in [1.165, 1.54) is 231 Å². The normalized spacial score (nSPS) is 11.9. The average molecular weight is 788 g/mol. The van der Waals surface area contributed by atoms with Crippen LogP contribution >= 0.6 is 0 Å². The van der Waals surface area contributed by atoms with Crippen molar-refractivity contribution in [2.24, 2.45) is 0 Å². The maximum atomic E-state index is 2.59. The molecule has 0 amide bonds. The van der Waals surface area contributed by atoms with Crippen molar-refractivity contribution < 1.29 is 0 Å². The molecule has 1 aromatic rings. The quantitative estimate of drug-likeness (QED) is 0.0459. The van der Waals surface area contributed by atoms with Crippen molar-refractivity contribution in [1.29, 1.82) is 0 Å². The minimum absolute atomic E-state index is 1.37. The Bertz CT molecular complexity index is 671. The van der Waals surface area contributed by atoms with Gasteiger partial charge < -0.3 is 0 Å². The van der Waals surface area contributed by atoms with E-state index in [4.69, 9.17) is 0 Å². The Morgan fingerprint density at radius 1 is 0.265 bits per heavy atom. The molecular formula is C48H92Sn. The van der Waals surface area contributed by atoms with E-state index in [0.717, 1.165) is 0 Å². The first-order valence-corrected chi connectivity index (χ1v) is 30.8. The maximum absolute atomic E-state index is 2.59. The van der Waals surface area contributed by atoms with Gasteiger partial charge in [0.15, 0.2) is 0 Å². The van der Waals surface area contributed by atoms with Crippen LogP contribution in [0.1, 0.15) is 252 Å². The fourth-order valence-electron chi connectivity index (χ4n) is 8.51. The molecule has 0 bridgehead atoms. The van der Waals surface area contributed by atoms with Crippen LogP contribution in [-0.2, 0) is 0 Å². The Kier molecular flexibility index (Phi) is 36.3. The second kappa shape index (κ2) is 37.8. The Morgan fingerprint density at radius 2 is 0.469 bits per heavy atom. The summed E-state index contributed by atoms with van der Waals surface area (Å²) in [6.07, 6.45) is 53.0. The predicted octanol–water partition coefficient (Wildman–Crippen LogP) is 17.4. The second-order valence-electron chi connectivity index (χ2n) is 16.6. The molecule has 1 rings (SSSR count). The third-order valence-electron chi connectivity index (χ3n) is 11.9. The molecule has 1 heteroatoms. The van der Waals surface area contributed by atoms with Crippen molar-refractivity contribution in [2.45, 2.75) is 265 Å². The first-order chi connectivity index (χ1) is 24.3. The number of unbranched alkanes of at least 4 members (excludes halogenated alkanes) is 33. The van der Waals surface area contributed by atoms with Crippen molar-refractivity contribution in [3.63, 3.8) is 0 Å². The summed E-state index contributed by atoms with van der Waals surface area (Å²) < 4.78 is 6.77. The van der Waals surface area contributed by atoms with Crippen LogP contribution in [0.15, 0.2) is 30.3 Å². The average Bonchev–Trinajstić information content (AvgIpc) is 3.13. The Morgan fingerprint density at radius 3 is 0.694 bits per heavy atom. The minimum atomic E-state index is -2.42. The van der Waals surface area contributed by atoms with E-state index in [1.54, 1.807) is 13.3 Å². The summed E-state index contributed by atoms with van der Waals surface area (Å²) in [5.41, 5.74) is 0. The molecule has 1 aromatic carbocycles. The summed E-state index contributed by atoms with van der Waals surface area (Å²) in [5, 5.41) is 0. The van der Waals surface area contributed by atoms with Crippen molar-refractivity contribution in [3.8, 4) is 0 Å². The van der Waals surface area contributed by atoms with Gasteiger partial charge in [0.25, 0.3) is 0 Å². The first kappa shape index (κ1) is 47.0. The summed E-state index contributed by atoms with van der Waals surface area (Å²) in [6, 6.07) is 12.2. The van der Waals surface area contributed by atoms with Gasteiger partial charge in [-0.1, -0.05) is 40.0 Å². The van der Waals surface area contributed by atoms with E-state index in [-0.39, 0.29) is 0 Å². The predicted molar refractivity (Wildman–Crippen MR) is 229 cm³/mol. The molecule has 0 aliphatic rings. The molecule has 0 fully saturated rings. The molecule has 288 valence electrons. The molecule has 0 saturated carbocycles. The van der Waals surface area contributed by atoms with E-state index in [1.807, 2.05) is 3.58 Å². The van der Waals surface area contributed by atoms with E-state index in [2.05, 4.69) is 51.1 Å². The molecule has 49 heavy (non-hydrogen) atoms. The molecule has 0 aliphatic carbocycles. The van der Waals surface area contributed by atoms with Crippen LogP contribution in [-0.4, -0.2) is 18.4 Å².